The van der Waals surface area contributed by atoms with E-state index in [4.69, 9.17) is 9.72 Å². The number of hydrogen-bond acceptors (Lipinski definition) is 6. The third-order valence-electron chi connectivity index (χ3n) is 6.04. The minimum atomic E-state index is -0.183. The van der Waals surface area contributed by atoms with Crippen LogP contribution >= 0.6 is 23.1 Å². The molecular weight excluding hydrogens is 478 g/mol. The van der Waals surface area contributed by atoms with Crippen molar-refractivity contribution >= 4 is 44.9 Å². The molecule has 0 bridgehead atoms. The highest BCUT2D eigenvalue weighted by Gasteiger charge is 2.23. The highest BCUT2D eigenvalue weighted by atomic mass is 32.2. The van der Waals surface area contributed by atoms with Crippen LogP contribution in [0, 0.1) is 6.92 Å². The maximum atomic E-state index is 13.8. The molecule has 0 fully saturated rings. The highest BCUT2D eigenvalue weighted by molar-refractivity contribution is 7.99. The minimum Gasteiger partial charge on any atom is -0.492 e. The number of nitrogens with one attached hydrogen (secondary N) is 1. The Bertz CT molecular complexity index is 1440. The number of carbonyl (C=O) groups is 1. The number of benzene rings is 2. The molecule has 1 N–H and O–H groups in total. The third kappa shape index (κ3) is 4.86. The van der Waals surface area contributed by atoms with Crippen LogP contribution in [0.15, 0.2) is 58.5 Å². The number of anilines is 1. The van der Waals surface area contributed by atoms with Gasteiger partial charge < -0.3 is 10.1 Å². The van der Waals surface area contributed by atoms with Crippen LogP contribution in [0.3, 0.4) is 0 Å². The van der Waals surface area contributed by atoms with E-state index in [9.17, 15) is 9.59 Å². The molecule has 0 unspecified atom stereocenters. The lowest BCUT2D eigenvalue weighted by Gasteiger charge is -2.14. The Kier molecular flexibility index (Phi) is 6.92. The average Bonchev–Trinajstić information content (AvgIpc) is 3.24. The van der Waals surface area contributed by atoms with Crippen molar-refractivity contribution in [3.63, 3.8) is 0 Å². The van der Waals surface area contributed by atoms with E-state index >= 15 is 0 Å². The number of carbonyl (C=O) groups excluding carboxylic acids is 1. The number of aromatic nitrogens is 2. The summed E-state index contributed by atoms with van der Waals surface area (Å²) < 4.78 is 7.28. The van der Waals surface area contributed by atoms with Crippen molar-refractivity contribution < 1.29 is 9.53 Å². The molecule has 4 aromatic rings. The van der Waals surface area contributed by atoms with Gasteiger partial charge >= 0.3 is 0 Å². The topological polar surface area (TPSA) is 73.2 Å². The molecule has 1 aliphatic rings. The standard InChI is InChI=1S/C27H27N3O3S2/c1-3-33-21-10-6-5-9-20(21)28-23(31)16-34-27-29-25-24(19-8-4-7-11-22(19)35-25)26(32)30(27)18-14-12-17(2)13-15-18/h5-6,9-10,12-15H,3-4,7-8,11,16H2,1-2H3,(H,28,31). The molecule has 35 heavy (non-hydrogen) atoms. The molecule has 6 nitrogen and oxygen atoms in total. The lowest BCUT2D eigenvalue weighted by atomic mass is 9.97. The minimum absolute atomic E-state index is 0.0529. The Balaban J connectivity index is 1.49. The fourth-order valence-electron chi connectivity index (χ4n) is 4.37. The Morgan fingerprint density at radius 2 is 1.91 bits per heavy atom. The van der Waals surface area contributed by atoms with E-state index in [0.717, 1.165) is 52.7 Å². The molecule has 0 radical (unpaired) electrons. The second kappa shape index (κ2) is 10.3. The number of nitrogens with zero attached hydrogens (tertiary/aromatic N) is 2. The summed E-state index contributed by atoms with van der Waals surface area (Å²) in [6.07, 6.45) is 4.18. The molecule has 0 aliphatic heterocycles. The molecule has 2 aromatic carbocycles. The fourth-order valence-corrected chi connectivity index (χ4v) is 6.49. The van der Waals surface area contributed by atoms with E-state index in [2.05, 4.69) is 5.32 Å². The quantitative estimate of drug-likeness (QED) is 0.255. The van der Waals surface area contributed by atoms with Gasteiger partial charge in [0.15, 0.2) is 5.16 Å². The maximum absolute atomic E-state index is 13.8. The summed E-state index contributed by atoms with van der Waals surface area (Å²) in [5.74, 6) is 0.570. The van der Waals surface area contributed by atoms with Crippen molar-refractivity contribution in [3.8, 4) is 11.4 Å². The zero-order chi connectivity index (χ0) is 24.4. The fraction of sp³-hybridized carbons (Fsp3) is 0.296. The van der Waals surface area contributed by atoms with Crippen molar-refractivity contribution in [1.29, 1.82) is 0 Å². The normalized spacial score (nSPS) is 13.0. The van der Waals surface area contributed by atoms with E-state index in [-0.39, 0.29) is 17.2 Å². The van der Waals surface area contributed by atoms with Gasteiger partial charge in [0.25, 0.3) is 5.56 Å². The largest absolute Gasteiger partial charge is 0.492 e. The van der Waals surface area contributed by atoms with Crippen LogP contribution in [0.1, 0.15) is 35.8 Å². The van der Waals surface area contributed by atoms with Crippen LogP contribution in [0.4, 0.5) is 5.69 Å². The molecule has 2 aromatic heterocycles. The summed E-state index contributed by atoms with van der Waals surface area (Å²) in [6, 6.07) is 15.2. The summed E-state index contributed by atoms with van der Waals surface area (Å²) in [4.78, 5) is 33.6. The van der Waals surface area contributed by atoms with Crippen molar-refractivity contribution in [2.75, 3.05) is 17.7 Å². The smallest absolute Gasteiger partial charge is 0.267 e. The summed E-state index contributed by atoms with van der Waals surface area (Å²) in [5.41, 5.74) is 3.62. The molecule has 0 atom stereocenters. The Morgan fingerprint density at radius 3 is 2.71 bits per heavy atom. The number of thiophene rings is 1. The number of hydrogen-bond donors (Lipinski definition) is 1. The van der Waals surface area contributed by atoms with Gasteiger partial charge in [0.2, 0.25) is 5.91 Å². The first kappa shape index (κ1) is 23.6. The van der Waals surface area contributed by atoms with Gasteiger partial charge in [-0.3, -0.25) is 14.2 Å². The van der Waals surface area contributed by atoms with E-state index in [1.165, 1.54) is 16.6 Å². The second-order valence-electron chi connectivity index (χ2n) is 8.53. The van der Waals surface area contributed by atoms with Gasteiger partial charge in [-0.05, 0) is 69.4 Å². The molecule has 5 rings (SSSR count). The third-order valence-corrected chi connectivity index (χ3v) is 8.17. The van der Waals surface area contributed by atoms with E-state index in [0.29, 0.717) is 23.2 Å². The van der Waals surface area contributed by atoms with Crippen molar-refractivity contribution in [1.82, 2.24) is 9.55 Å². The lowest BCUT2D eigenvalue weighted by molar-refractivity contribution is -0.113. The molecule has 1 aliphatic carbocycles. The van der Waals surface area contributed by atoms with E-state index < -0.39 is 0 Å². The second-order valence-corrected chi connectivity index (χ2v) is 10.6. The summed E-state index contributed by atoms with van der Waals surface area (Å²) in [5, 5.41) is 4.19. The molecule has 0 spiro atoms. The number of rotatable bonds is 7. The average molecular weight is 506 g/mol. The summed E-state index contributed by atoms with van der Waals surface area (Å²) in [6.45, 7) is 4.44. The predicted molar refractivity (Wildman–Crippen MR) is 144 cm³/mol. The van der Waals surface area contributed by atoms with Gasteiger partial charge in [-0.25, -0.2) is 4.98 Å². The lowest BCUT2D eigenvalue weighted by Crippen LogP contribution is -2.23. The number of fused-ring (bicyclic) bond motifs is 3. The number of thioether (sulfide) groups is 1. The van der Waals surface area contributed by atoms with Crippen LogP contribution < -0.4 is 15.6 Å². The van der Waals surface area contributed by atoms with Crippen LogP contribution in [-0.2, 0) is 17.6 Å². The van der Waals surface area contributed by atoms with Gasteiger partial charge in [-0.15, -0.1) is 11.3 Å². The number of amides is 1. The van der Waals surface area contributed by atoms with Crippen LogP contribution in [-0.4, -0.2) is 27.8 Å². The zero-order valence-electron chi connectivity index (χ0n) is 19.8. The Morgan fingerprint density at radius 1 is 1.14 bits per heavy atom. The molecule has 0 saturated carbocycles. The molecule has 0 saturated heterocycles. The zero-order valence-corrected chi connectivity index (χ0v) is 21.4. The number of aryl methyl sites for hydroxylation is 3. The van der Waals surface area contributed by atoms with Crippen molar-refractivity contribution in [2.45, 2.75) is 44.7 Å². The van der Waals surface area contributed by atoms with Crippen LogP contribution in [0.25, 0.3) is 15.9 Å². The van der Waals surface area contributed by atoms with Crippen molar-refractivity contribution in [3.05, 3.63) is 74.9 Å². The summed E-state index contributed by atoms with van der Waals surface area (Å²) >= 11 is 2.90. The first-order valence-corrected chi connectivity index (χ1v) is 13.6. The van der Waals surface area contributed by atoms with Gasteiger partial charge in [-0.2, -0.15) is 0 Å². The van der Waals surface area contributed by atoms with Crippen LogP contribution in [0.5, 0.6) is 5.75 Å². The highest BCUT2D eigenvalue weighted by Crippen LogP contribution is 2.35. The van der Waals surface area contributed by atoms with E-state index in [1.54, 1.807) is 15.9 Å². The Labute approximate surface area is 212 Å². The van der Waals surface area contributed by atoms with Crippen molar-refractivity contribution in [2.24, 2.45) is 0 Å². The van der Waals surface area contributed by atoms with Crippen LogP contribution in [0.2, 0.25) is 0 Å². The molecule has 8 heteroatoms. The SMILES string of the molecule is CCOc1ccccc1NC(=O)CSc1nc2sc3c(c2c(=O)n1-c1ccc(C)cc1)CCCC3. The van der Waals surface area contributed by atoms with Gasteiger partial charge in [0.1, 0.15) is 10.6 Å². The molecule has 2 heterocycles. The number of para-hydroxylation sites is 2. The van der Waals surface area contributed by atoms with Gasteiger partial charge in [0.05, 0.1) is 29.1 Å². The summed E-state index contributed by atoms with van der Waals surface area (Å²) in [7, 11) is 0. The molecular formula is C27H27N3O3S2. The molecule has 1 amide bonds. The maximum Gasteiger partial charge on any atom is 0.267 e. The first-order valence-electron chi connectivity index (χ1n) is 11.8. The van der Waals surface area contributed by atoms with Gasteiger partial charge in [-0.1, -0.05) is 41.6 Å². The van der Waals surface area contributed by atoms with E-state index in [1.807, 2.05) is 62.4 Å². The van der Waals surface area contributed by atoms with Gasteiger partial charge in [0, 0.05) is 4.88 Å². The number of ether oxygens (including phenoxy) is 1. The Hall–Kier alpha value is -3.10. The first-order chi connectivity index (χ1) is 17.0. The predicted octanol–water partition coefficient (Wildman–Crippen LogP) is 5.76. The monoisotopic (exact) mass is 505 g/mol. The molecule has 180 valence electrons.